The molecule has 0 fully saturated rings. The Kier molecular flexibility index (Phi) is 7.29. The third-order valence-corrected chi connectivity index (χ3v) is 7.87. The average molecular weight is 487 g/mol. The standard InChI is InChI=1S/C28H26N2O2S2/c1-17-14-18(2)27(20(4)31)19(3)23(17)16-33-28-30-24-12-11-22(15-25(24)34-28)29-26(32)13-10-21-8-6-5-7-9-21/h5-15H,16H2,1-4H3,(H,29,32). The number of carbonyl (C=O) groups is 2. The van der Waals surface area contributed by atoms with Gasteiger partial charge in [0.15, 0.2) is 10.1 Å². The molecule has 0 aliphatic heterocycles. The van der Waals surface area contributed by atoms with Crippen molar-refractivity contribution in [2.45, 2.75) is 37.8 Å². The number of aromatic nitrogens is 1. The fourth-order valence-corrected chi connectivity index (χ4v) is 6.38. The van der Waals surface area contributed by atoms with Crippen molar-refractivity contribution in [3.8, 4) is 0 Å². The lowest BCUT2D eigenvalue weighted by atomic mass is 9.92. The van der Waals surface area contributed by atoms with E-state index in [1.807, 2.05) is 62.4 Å². The zero-order valence-corrected chi connectivity index (χ0v) is 21.3. The molecule has 0 bridgehead atoms. The van der Waals surface area contributed by atoms with Crippen molar-refractivity contribution in [2.75, 3.05) is 5.32 Å². The van der Waals surface area contributed by atoms with Crippen LogP contribution < -0.4 is 5.32 Å². The molecule has 34 heavy (non-hydrogen) atoms. The highest BCUT2D eigenvalue weighted by Gasteiger charge is 2.15. The van der Waals surface area contributed by atoms with E-state index in [4.69, 9.17) is 4.98 Å². The van der Waals surface area contributed by atoms with Gasteiger partial charge in [-0.2, -0.15) is 0 Å². The van der Waals surface area contributed by atoms with Crippen LogP contribution in [0.15, 0.2) is 65.0 Å². The number of ketones is 1. The maximum Gasteiger partial charge on any atom is 0.248 e. The Bertz CT molecular complexity index is 1410. The highest BCUT2D eigenvalue weighted by Crippen LogP contribution is 2.35. The molecule has 0 spiro atoms. The second-order valence-corrected chi connectivity index (χ2v) is 10.5. The number of thiazole rings is 1. The summed E-state index contributed by atoms with van der Waals surface area (Å²) >= 11 is 3.29. The van der Waals surface area contributed by atoms with Gasteiger partial charge in [0.05, 0.1) is 10.2 Å². The van der Waals surface area contributed by atoms with E-state index >= 15 is 0 Å². The van der Waals surface area contributed by atoms with Crippen molar-refractivity contribution in [2.24, 2.45) is 0 Å². The number of thioether (sulfide) groups is 1. The van der Waals surface area contributed by atoms with Gasteiger partial charge in [-0.3, -0.25) is 9.59 Å². The van der Waals surface area contributed by atoms with Crippen LogP contribution >= 0.6 is 23.1 Å². The molecular formula is C28H26N2O2S2. The first-order valence-corrected chi connectivity index (χ1v) is 12.8. The monoisotopic (exact) mass is 486 g/mol. The van der Waals surface area contributed by atoms with E-state index < -0.39 is 0 Å². The van der Waals surface area contributed by atoms with Crippen molar-refractivity contribution >= 4 is 56.8 Å². The summed E-state index contributed by atoms with van der Waals surface area (Å²) in [7, 11) is 0. The van der Waals surface area contributed by atoms with Crippen molar-refractivity contribution in [3.63, 3.8) is 0 Å². The smallest absolute Gasteiger partial charge is 0.248 e. The predicted octanol–water partition coefficient (Wildman–Crippen LogP) is 7.37. The van der Waals surface area contributed by atoms with Crippen molar-refractivity contribution in [1.29, 1.82) is 0 Å². The van der Waals surface area contributed by atoms with Crippen molar-refractivity contribution in [3.05, 3.63) is 94.1 Å². The Morgan fingerprint density at radius 1 is 1.03 bits per heavy atom. The molecule has 0 aliphatic carbocycles. The van der Waals surface area contributed by atoms with Gasteiger partial charge in [0.25, 0.3) is 0 Å². The maximum atomic E-state index is 12.3. The quantitative estimate of drug-likeness (QED) is 0.168. The van der Waals surface area contributed by atoms with Gasteiger partial charge in [0.2, 0.25) is 5.91 Å². The summed E-state index contributed by atoms with van der Waals surface area (Å²) in [6.45, 7) is 7.75. The molecule has 1 heterocycles. The van der Waals surface area contributed by atoms with Gasteiger partial charge < -0.3 is 5.32 Å². The SMILES string of the molecule is CC(=O)c1c(C)cc(C)c(CSc2nc3ccc(NC(=O)C=Cc4ccccc4)cc3s2)c1C. The van der Waals surface area contributed by atoms with E-state index in [1.165, 1.54) is 17.2 Å². The first kappa shape index (κ1) is 23.9. The number of nitrogens with one attached hydrogen (secondary N) is 1. The number of anilines is 1. The van der Waals surface area contributed by atoms with Crippen LogP contribution in [0.3, 0.4) is 0 Å². The summed E-state index contributed by atoms with van der Waals surface area (Å²) in [4.78, 5) is 29.2. The van der Waals surface area contributed by atoms with E-state index in [1.54, 1.807) is 36.1 Å². The van der Waals surface area contributed by atoms with E-state index in [0.717, 1.165) is 48.3 Å². The third-order valence-electron chi connectivity index (χ3n) is 5.69. The van der Waals surface area contributed by atoms with Gasteiger partial charge in [-0.25, -0.2) is 4.98 Å². The number of rotatable bonds is 7. The second-order valence-electron chi connectivity index (χ2n) is 8.23. The van der Waals surface area contributed by atoms with Gasteiger partial charge in [0.1, 0.15) is 0 Å². The van der Waals surface area contributed by atoms with Crippen molar-refractivity contribution in [1.82, 2.24) is 4.98 Å². The summed E-state index contributed by atoms with van der Waals surface area (Å²) in [5.74, 6) is 0.690. The second kappa shape index (κ2) is 10.4. The molecule has 1 aromatic heterocycles. The van der Waals surface area contributed by atoms with Crippen LogP contribution in [0, 0.1) is 20.8 Å². The zero-order valence-electron chi connectivity index (χ0n) is 19.6. The molecule has 4 aromatic rings. The van der Waals surface area contributed by atoms with E-state index in [2.05, 4.69) is 18.3 Å². The molecule has 0 atom stereocenters. The topological polar surface area (TPSA) is 59.1 Å². The number of aryl methyl sites for hydroxylation is 2. The van der Waals surface area contributed by atoms with Crippen LogP contribution in [-0.4, -0.2) is 16.7 Å². The number of benzene rings is 3. The zero-order chi connectivity index (χ0) is 24.2. The number of hydrogen-bond donors (Lipinski definition) is 1. The summed E-state index contributed by atoms with van der Waals surface area (Å²) < 4.78 is 1.99. The minimum Gasteiger partial charge on any atom is -0.322 e. The Morgan fingerprint density at radius 2 is 1.79 bits per heavy atom. The average Bonchev–Trinajstić information content (AvgIpc) is 3.20. The Morgan fingerprint density at radius 3 is 2.53 bits per heavy atom. The molecule has 0 unspecified atom stereocenters. The van der Waals surface area contributed by atoms with Crippen LogP contribution in [0.25, 0.3) is 16.3 Å². The van der Waals surface area contributed by atoms with E-state index in [-0.39, 0.29) is 11.7 Å². The number of amides is 1. The summed E-state index contributed by atoms with van der Waals surface area (Å²) in [6.07, 6.45) is 3.33. The Labute approximate surface area is 208 Å². The first-order chi connectivity index (χ1) is 16.3. The van der Waals surface area contributed by atoms with Gasteiger partial charge in [0, 0.05) is 23.1 Å². The lowest BCUT2D eigenvalue weighted by Gasteiger charge is -2.15. The summed E-state index contributed by atoms with van der Waals surface area (Å²) in [5, 5.41) is 2.92. The molecule has 1 N–H and O–H groups in total. The lowest BCUT2D eigenvalue weighted by Crippen LogP contribution is -2.07. The number of hydrogen-bond acceptors (Lipinski definition) is 5. The van der Waals surface area contributed by atoms with Crippen LogP contribution in [0.1, 0.15) is 45.1 Å². The summed E-state index contributed by atoms with van der Waals surface area (Å²) in [5.41, 5.74) is 7.94. The third kappa shape index (κ3) is 5.46. The largest absolute Gasteiger partial charge is 0.322 e. The molecule has 4 rings (SSSR count). The Balaban J connectivity index is 1.47. The van der Waals surface area contributed by atoms with Crippen molar-refractivity contribution < 1.29 is 9.59 Å². The number of fused-ring (bicyclic) bond motifs is 1. The minimum atomic E-state index is -0.172. The number of nitrogens with zero attached hydrogens (tertiary/aromatic N) is 1. The van der Waals surface area contributed by atoms with Crippen LogP contribution in [0.4, 0.5) is 5.69 Å². The van der Waals surface area contributed by atoms with E-state index in [9.17, 15) is 9.59 Å². The number of carbonyl (C=O) groups excluding carboxylic acids is 2. The molecule has 4 nitrogen and oxygen atoms in total. The highest BCUT2D eigenvalue weighted by molar-refractivity contribution is 8.00. The lowest BCUT2D eigenvalue weighted by molar-refractivity contribution is -0.111. The molecule has 6 heteroatoms. The maximum absolute atomic E-state index is 12.3. The van der Waals surface area contributed by atoms with Crippen LogP contribution in [0.2, 0.25) is 0 Å². The normalized spacial score (nSPS) is 11.3. The van der Waals surface area contributed by atoms with E-state index in [0.29, 0.717) is 0 Å². The molecule has 172 valence electrons. The van der Waals surface area contributed by atoms with Crippen LogP contribution in [0.5, 0.6) is 0 Å². The van der Waals surface area contributed by atoms with Gasteiger partial charge in [-0.1, -0.05) is 48.2 Å². The molecule has 1 amide bonds. The molecule has 3 aromatic carbocycles. The van der Waals surface area contributed by atoms with Gasteiger partial charge >= 0.3 is 0 Å². The minimum absolute atomic E-state index is 0.106. The molecule has 0 saturated carbocycles. The predicted molar refractivity (Wildman–Crippen MR) is 144 cm³/mol. The fourth-order valence-electron chi connectivity index (χ4n) is 4.09. The van der Waals surface area contributed by atoms with Gasteiger partial charge in [-0.15, -0.1) is 11.3 Å². The molecule has 0 aliphatic rings. The first-order valence-electron chi connectivity index (χ1n) is 11.0. The Hall–Kier alpha value is -3.22. The van der Waals surface area contributed by atoms with Gasteiger partial charge in [-0.05, 0) is 79.8 Å². The number of Topliss-reactive ketones (excluding diaryl/α,β-unsaturated/α-hetero) is 1. The summed E-state index contributed by atoms with van der Waals surface area (Å²) in [6, 6.07) is 17.6. The molecular weight excluding hydrogens is 460 g/mol. The van der Waals surface area contributed by atoms with Crippen LogP contribution in [-0.2, 0) is 10.5 Å². The fraction of sp³-hybridized carbons (Fsp3) is 0.179. The molecule has 0 radical (unpaired) electrons. The molecule has 0 saturated heterocycles. The highest BCUT2D eigenvalue weighted by atomic mass is 32.2.